The number of hydrogen-bond donors (Lipinski definition) is 1. The average molecular weight is 570 g/mol. The molecule has 0 saturated carbocycles. The Balaban J connectivity index is 1.63. The molecule has 0 spiro atoms. The van der Waals surface area contributed by atoms with E-state index >= 15 is 0 Å². The standard InChI is InChI=1S/C26H30Cl2N2O6S/c1-26(2,3)36-25(33)30-15-37-14-22(30)23(31)29-21(24(32)34-4)12-16-8-10-17(11-9-16)35-13-18-19(27)6-5-7-20(18)28/h5-11,21-22H,12-15H2,1-4H3,(H,29,31). The van der Waals surface area contributed by atoms with Crippen molar-refractivity contribution in [3.05, 3.63) is 63.6 Å². The number of carbonyl (C=O) groups excluding carboxylic acids is 3. The monoisotopic (exact) mass is 568 g/mol. The number of thioether (sulfide) groups is 1. The number of rotatable bonds is 8. The molecule has 200 valence electrons. The molecule has 1 saturated heterocycles. The van der Waals surface area contributed by atoms with Gasteiger partial charge in [-0.25, -0.2) is 9.59 Å². The number of benzene rings is 2. The van der Waals surface area contributed by atoms with Gasteiger partial charge in [0.05, 0.1) is 13.0 Å². The van der Waals surface area contributed by atoms with E-state index in [2.05, 4.69) is 5.32 Å². The number of methoxy groups -OCH3 is 1. The Labute approximate surface area is 230 Å². The first-order chi connectivity index (χ1) is 17.5. The molecular formula is C26H30Cl2N2O6S. The second-order valence-electron chi connectivity index (χ2n) is 9.39. The Hall–Kier alpha value is -2.62. The predicted octanol–water partition coefficient (Wildman–Crippen LogP) is 5.08. The zero-order chi connectivity index (χ0) is 27.2. The van der Waals surface area contributed by atoms with Crippen LogP contribution in [0.15, 0.2) is 42.5 Å². The van der Waals surface area contributed by atoms with Crippen LogP contribution >= 0.6 is 35.0 Å². The van der Waals surface area contributed by atoms with E-state index in [0.29, 0.717) is 33.0 Å². The zero-order valence-electron chi connectivity index (χ0n) is 21.1. The molecule has 37 heavy (non-hydrogen) atoms. The SMILES string of the molecule is COC(=O)C(Cc1ccc(OCc2c(Cl)cccc2Cl)cc1)NC(=O)C1CSCN1C(=O)OC(C)(C)C. The summed E-state index contributed by atoms with van der Waals surface area (Å²) in [6.45, 7) is 5.49. The fourth-order valence-corrected chi connectivity index (χ4v) is 5.20. The summed E-state index contributed by atoms with van der Waals surface area (Å²) in [5.41, 5.74) is 0.785. The predicted molar refractivity (Wildman–Crippen MR) is 144 cm³/mol. The smallest absolute Gasteiger partial charge is 0.411 e. The summed E-state index contributed by atoms with van der Waals surface area (Å²) in [5, 5.41) is 3.78. The number of nitrogens with one attached hydrogen (secondary N) is 1. The van der Waals surface area contributed by atoms with Gasteiger partial charge >= 0.3 is 12.1 Å². The molecule has 8 nitrogen and oxygen atoms in total. The van der Waals surface area contributed by atoms with Gasteiger partial charge in [-0.1, -0.05) is 41.4 Å². The summed E-state index contributed by atoms with van der Waals surface area (Å²) in [5.74, 6) is 0.297. The molecule has 0 aromatic heterocycles. The van der Waals surface area contributed by atoms with E-state index in [1.165, 1.54) is 23.8 Å². The quantitative estimate of drug-likeness (QED) is 0.443. The van der Waals surface area contributed by atoms with Gasteiger partial charge in [-0.15, -0.1) is 11.8 Å². The molecule has 2 aromatic rings. The van der Waals surface area contributed by atoms with E-state index in [9.17, 15) is 14.4 Å². The lowest BCUT2D eigenvalue weighted by Crippen LogP contribution is -2.53. The largest absolute Gasteiger partial charge is 0.489 e. The maximum atomic E-state index is 13.1. The number of nitrogens with zero attached hydrogens (tertiary/aromatic N) is 1. The maximum Gasteiger partial charge on any atom is 0.411 e. The Morgan fingerprint density at radius 2 is 1.76 bits per heavy atom. The van der Waals surface area contributed by atoms with Crippen LogP contribution in [0.25, 0.3) is 0 Å². The Morgan fingerprint density at radius 3 is 2.35 bits per heavy atom. The third-order valence-electron chi connectivity index (χ3n) is 5.42. The van der Waals surface area contributed by atoms with Gasteiger partial charge < -0.3 is 19.5 Å². The molecule has 0 radical (unpaired) electrons. The van der Waals surface area contributed by atoms with Crippen molar-refractivity contribution in [1.29, 1.82) is 0 Å². The van der Waals surface area contributed by atoms with Crippen LogP contribution in [0.5, 0.6) is 5.75 Å². The van der Waals surface area contributed by atoms with Gasteiger partial charge in [0, 0.05) is 27.8 Å². The molecule has 1 heterocycles. The van der Waals surface area contributed by atoms with Crippen LogP contribution in [-0.2, 0) is 32.1 Å². The summed E-state index contributed by atoms with van der Waals surface area (Å²) in [4.78, 5) is 39.4. The van der Waals surface area contributed by atoms with Crippen molar-refractivity contribution < 1.29 is 28.6 Å². The Bertz CT molecular complexity index is 1100. The van der Waals surface area contributed by atoms with Crippen LogP contribution in [0.1, 0.15) is 31.9 Å². The third kappa shape index (κ3) is 8.18. The van der Waals surface area contributed by atoms with Crippen LogP contribution in [0.4, 0.5) is 4.79 Å². The normalized spacial score (nSPS) is 16.2. The fourth-order valence-electron chi connectivity index (χ4n) is 3.55. The van der Waals surface area contributed by atoms with Crippen molar-refractivity contribution in [1.82, 2.24) is 10.2 Å². The number of ether oxygens (including phenoxy) is 3. The topological polar surface area (TPSA) is 94.2 Å². The van der Waals surface area contributed by atoms with E-state index in [0.717, 1.165) is 5.56 Å². The molecule has 2 aromatic carbocycles. The van der Waals surface area contributed by atoms with Crippen LogP contribution < -0.4 is 10.1 Å². The van der Waals surface area contributed by atoms with Crippen molar-refractivity contribution in [2.45, 2.75) is 51.5 Å². The number of hydrogen-bond acceptors (Lipinski definition) is 7. The molecular weight excluding hydrogens is 539 g/mol. The number of carbonyl (C=O) groups is 3. The van der Waals surface area contributed by atoms with Crippen molar-refractivity contribution in [2.24, 2.45) is 0 Å². The summed E-state index contributed by atoms with van der Waals surface area (Å²) >= 11 is 13.8. The molecule has 0 bridgehead atoms. The minimum absolute atomic E-state index is 0.196. The van der Waals surface area contributed by atoms with E-state index in [4.69, 9.17) is 37.4 Å². The van der Waals surface area contributed by atoms with Crippen LogP contribution in [-0.4, -0.2) is 59.3 Å². The molecule has 2 atom stereocenters. The molecule has 1 N–H and O–H groups in total. The summed E-state index contributed by atoms with van der Waals surface area (Å²) < 4.78 is 16.1. The Kier molecular flexibility index (Phi) is 9.98. The van der Waals surface area contributed by atoms with Crippen molar-refractivity contribution >= 4 is 52.9 Å². The molecule has 1 fully saturated rings. The molecule has 2 unspecified atom stereocenters. The first kappa shape index (κ1) is 28.9. The maximum absolute atomic E-state index is 13.1. The summed E-state index contributed by atoms with van der Waals surface area (Å²) in [7, 11) is 1.26. The van der Waals surface area contributed by atoms with Crippen LogP contribution in [0.2, 0.25) is 10.0 Å². The number of halogens is 2. The third-order valence-corrected chi connectivity index (χ3v) is 7.14. The van der Waals surface area contributed by atoms with Gasteiger partial charge in [0.1, 0.15) is 30.0 Å². The minimum atomic E-state index is -0.933. The van der Waals surface area contributed by atoms with Gasteiger partial charge in [-0.3, -0.25) is 9.69 Å². The molecule has 1 aliphatic heterocycles. The second-order valence-corrected chi connectivity index (χ2v) is 11.2. The summed E-state index contributed by atoms with van der Waals surface area (Å²) in [6.07, 6.45) is -0.373. The highest BCUT2D eigenvalue weighted by molar-refractivity contribution is 7.99. The van der Waals surface area contributed by atoms with Gasteiger partial charge in [0.2, 0.25) is 5.91 Å². The van der Waals surface area contributed by atoms with E-state index in [-0.39, 0.29) is 13.0 Å². The van der Waals surface area contributed by atoms with Crippen molar-refractivity contribution in [3.8, 4) is 5.75 Å². The Morgan fingerprint density at radius 1 is 1.11 bits per heavy atom. The highest BCUT2D eigenvalue weighted by Crippen LogP contribution is 2.27. The first-order valence-electron chi connectivity index (χ1n) is 11.6. The van der Waals surface area contributed by atoms with Gasteiger partial charge in [-0.05, 0) is 50.6 Å². The van der Waals surface area contributed by atoms with E-state index in [1.807, 2.05) is 0 Å². The number of amides is 2. The van der Waals surface area contributed by atoms with Crippen LogP contribution in [0.3, 0.4) is 0 Å². The molecule has 0 aliphatic carbocycles. The van der Waals surface area contributed by atoms with Crippen LogP contribution in [0, 0.1) is 0 Å². The highest BCUT2D eigenvalue weighted by atomic mass is 35.5. The van der Waals surface area contributed by atoms with E-state index < -0.39 is 35.7 Å². The molecule has 2 amide bonds. The number of esters is 1. The first-order valence-corrected chi connectivity index (χ1v) is 13.5. The lowest BCUT2D eigenvalue weighted by Gasteiger charge is -2.28. The van der Waals surface area contributed by atoms with E-state index in [1.54, 1.807) is 63.2 Å². The van der Waals surface area contributed by atoms with Crippen molar-refractivity contribution in [2.75, 3.05) is 18.7 Å². The minimum Gasteiger partial charge on any atom is -0.489 e. The lowest BCUT2D eigenvalue weighted by molar-refractivity contribution is -0.145. The van der Waals surface area contributed by atoms with Crippen molar-refractivity contribution in [3.63, 3.8) is 0 Å². The molecule has 11 heteroatoms. The molecule has 3 rings (SSSR count). The van der Waals surface area contributed by atoms with Gasteiger partial charge in [0.15, 0.2) is 0 Å². The second kappa shape index (κ2) is 12.8. The molecule has 1 aliphatic rings. The summed E-state index contributed by atoms with van der Waals surface area (Å²) in [6, 6.07) is 10.7. The average Bonchev–Trinajstić information content (AvgIpc) is 3.33. The lowest BCUT2D eigenvalue weighted by atomic mass is 10.1. The zero-order valence-corrected chi connectivity index (χ0v) is 23.4. The van der Waals surface area contributed by atoms with Gasteiger partial charge in [-0.2, -0.15) is 0 Å². The fraction of sp³-hybridized carbons (Fsp3) is 0.423. The highest BCUT2D eigenvalue weighted by Gasteiger charge is 2.38. The van der Waals surface area contributed by atoms with Gasteiger partial charge in [0.25, 0.3) is 0 Å².